The van der Waals surface area contributed by atoms with Crippen molar-refractivity contribution in [3.05, 3.63) is 73.7 Å². The van der Waals surface area contributed by atoms with Gasteiger partial charge in [-0.15, -0.1) is 0 Å². The van der Waals surface area contributed by atoms with Gasteiger partial charge >= 0.3 is 0 Å². The molecular weight excluding hydrogens is 438 g/mol. The molecule has 172 valence electrons. The van der Waals surface area contributed by atoms with Crippen molar-refractivity contribution in [3.8, 4) is 0 Å². The van der Waals surface area contributed by atoms with E-state index in [9.17, 15) is 19.7 Å². The molecular formula is C25H27N3O4S. The van der Waals surface area contributed by atoms with Gasteiger partial charge in [0.2, 0.25) is 0 Å². The molecule has 0 aliphatic carbocycles. The fourth-order valence-electron chi connectivity index (χ4n) is 4.57. The van der Waals surface area contributed by atoms with Gasteiger partial charge in [0, 0.05) is 30.4 Å². The summed E-state index contributed by atoms with van der Waals surface area (Å²) in [6, 6.07) is 10.2. The predicted octanol–water partition coefficient (Wildman–Crippen LogP) is 5.86. The molecule has 7 nitrogen and oxygen atoms in total. The number of hydrogen-bond acceptors (Lipinski definition) is 6. The number of anilines is 1. The van der Waals surface area contributed by atoms with E-state index < -0.39 is 4.92 Å². The average Bonchev–Trinajstić information content (AvgIpc) is 3.00. The van der Waals surface area contributed by atoms with Crippen molar-refractivity contribution in [2.24, 2.45) is 0 Å². The molecule has 2 heterocycles. The normalized spacial score (nSPS) is 21.0. The number of nitro benzene ring substituents is 1. The lowest BCUT2D eigenvalue weighted by Gasteiger charge is -2.45. The van der Waals surface area contributed by atoms with E-state index in [1.165, 1.54) is 28.3 Å². The largest absolute Gasteiger partial charge is 0.369 e. The molecule has 2 amide bonds. The van der Waals surface area contributed by atoms with Crippen LogP contribution in [0.4, 0.5) is 16.2 Å². The fourth-order valence-corrected chi connectivity index (χ4v) is 5.40. The van der Waals surface area contributed by atoms with E-state index in [2.05, 4.69) is 44.9 Å². The summed E-state index contributed by atoms with van der Waals surface area (Å²) in [5.74, 6) is 0.0444. The van der Waals surface area contributed by atoms with Crippen LogP contribution in [0.5, 0.6) is 0 Å². The van der Waals surface area contributed by atoms with Gasteiger partial charge in [0.25, 0.3) is 16.8 Å². The summed E-state index contributed by atoms with van der Waals surface area (Å²) in [6.07, 6.45) is 2.84. The molecule has 0 saturated carbocycles. The van der Waals surface area contributed by atoms with Crippen LogP contribution in [0.2, 0.25) is 0 Å². The van der Waals surface area contributed by atoms with Gasteiger partial charge < -0.3 is 4.90 Å². The smallest absolute Gasteiger partial charge is 0.293 e. The zero-order chi connectivity index (χ0) is 24.1. The molecule has 1 atom stereocenters. The minimum atomic E-state index is -0.479. The molecule has 2 aliphatic heterocycles. The molecule has 0 spiro atoms. The fraction of sp³-hybridized carbons (Fsp3) is 0.360. The first-order valence-electron chi connectivity index (χ1n) is 10.8. The first kappa shape index (κ1) is 23.0. The first-order chi connectivity index (χ1) is 15.5. The molecule has 4 rings (SSSR count). The van der Waals surface area contributed by atoms with Gasteiger partial charge in [-0.3, -0.25) is 24.6 Å². The number of benzene rings is 2. The lowest BCUT2D eigenvalue weighted by molar-refractivity contribution is -0.384. The minimum absolute atomic E-state index is 0.0288. The van der Waals surface area contributed by atoms with Crippen LogP contribution in [-0.4, -0.2) is 33.6 Å². The zero-order valence-corrected chi connectivity index (χ0v) is 20.2. The van der Waals surface area contributed by atoms with Gasteiger partial charge in [-0.25, -0.2) is 0 Å². The van der Waals surface area contributed by atoms with Gasteiger partial charge in [0.1, 0.15) is 0 Å². The molecule has 0 bridgehead atoms. The summed E-state index contributed by atoms with van der Waals surface area (Å²) in [7, 11) is 2.12. The summed E-state index contributed by atoms with van der Waals surface area (Å²) < 4.78 is 0. The Labute approximate surface area is 197 Å². The zero-order valence-electron chi connectivity index (χ0n) is 19.4. The molecule has 0 N–H and O–H groups in total. The quantitative estimate of drug-likeness (QED) is 0.319. The van der Waals surface area contributed by atoms with Gasteiger partial charge in [0.15, 0.2) is 0 Å². The SMILES string of the molecule is Cc1cc2c(cc1/C=C1\SC(=O)N(Cc3ccc([N+](=O)[O-])cc3)C1=O)[C@H](C)CC(C)(C)N2C. The Balaban J connectivity index is 1.60. The second-order valence-corrected chi connectivity index (χ2v) is 10.4. The van der Waals surface area contributed by atoms with Crippen LogP contribution < -0.4 is 4.90 Å². The van der Waals surface area contributed by atoms with E-state index in [1.54, 1.807) is 12.1 Å². The molecule has 1 saturated heterocycles. The topological polar surface area (TPSA) is 83.8 Å². The number of rotatable bonds is 4. The molecule has 2 aromatic rings. The third-order valence-electron chi connectivity index (χ3n) is 6.67. The maximum Gasteiger partial charge on any atom is 0.293 e. The van der Waals surface area contributed by atoms with Crippen molar-refractivity contribution in [3.63, 3.8) is 0 Å². The van der Waals surface area contributed by atoms with Gasteiger partial charge in [-0.05, 0) is 85.3 Å². The second kappa shape index (κ2) is 8.33. The molecule has 8 heteroatoms. The number of aryl methyl sites for hydroxylation is 1. The van der Waals surface area contributed by atoms with E-state index in [0.29, 0.717) is 16.4 Å². The van der Waals surface area contributed by atoms with Gasteiger partial charge in [-0.2, -0.15) is 0 Å². The monoisotopic (exact) mass is 465 g/mol. The van der Waals surface area contributed by atoms with Gasteiger partial charge in [0.05, 0.1) is 16.4 Å². The highest BCUT2D eigenvalue weighted by molar-refractivity contribution is 8.18. The van der Waals surface area contributed by atoms with Crippen LogP contribution in [0.25, 0.3) is 6.08 Å². The number of nitro groups is 1. The Bertz CT molecular complexity index is 1190. The van der Waals surface area contributed by atoms with E-state index in [1.807, 2.05) is 13.0 Å². The number of carbonyl (C=O) groups is 2. The number of hydrogen-bond donors (Lipinski definition) is 0. The van der Waals surface area contributed by atoms with E-state index in [0.717, 1.165) is 29.3 Å². The number of amides is 2. The number of fused-ring (bicyclic) bond motifs is 1. The third kappa shape index (κ3) is 4.27. The van der Waals surface area contributed by atoms with Crippen molar-refractivity contribution >= 4 is 40.4 Å². The lowest BCUT2D eigenvalue weighted by Crippen LogP contribution is -2.45. The van der Waals surface area contributed by atoms with Crippen molar-refractivity contribution in [2.45, 2.75) is 52.1 Å². The molecule has 0 unspecified atom stereocenters. The van der Waals surface area contributed by atoms with E-state index in [4.69, 9.17) is 0 Å². The molecule has 2 aliphatic rings. The summed E-state index contributed by atoms with van der Waals surface area (Å²) in [4.78, 5) is 39.8. The second-order valence-electron chi connectivity index (χ2n) is 9.44. The number of carbonyl (C=O) groups excluding carboxylic acids is 2. The Morgan fingerprint density at radius 2 is 1.88 bits per heavy atom. The van der Waals surface area contributed by atoms with Crippen LogP contribution in [0, 0.1) is 17.0 Å². The average molecular weight is 466 g/mol. The highest BCUT2D eigenvalue weighted by Gasteiger charge is 2.36. The van der Waals surface area contributed by atoms with E-state index in [-0.39, 0.29) is 28.9 Å². The summed E-state index contributed by atoms with van der Waals surface area (Å²) in [6.45, 7) is 8.82. The summed E-state index contributed by atoms with van der Waals surface area (Å²) in [5.41, 5.74) is 5.15. The van der Waals surface area contributed by atoms with E-state index >= 15 is 0 Å². The van der Waals surface area contributed by atoms with Crippen LogP contribution in [-0.2, 0) is 11.3 Å². The molecule has 33 heavy (non-hydrogen) atoms. The maximum absolute atomic E-state index is 13.0. The van der Waals surface area contributed by atoms with Crippen molar-refractivity contribution < 1.29 is 14.5 Å². The Kier molecular flexibility index (Phi) is 5.82. The minimum Gasteiger partial charge on any atom is -0.369 e. The number of non-ortho nitro benzene ring substituents is 1. The molecule has 2 aromatic carbocycles. The highest BCUT2D eigenvalue weighted by Crippen LogP contribution is 2.44. The van der Waals surface area contributed by atoms with Crippen LogP contribution in [0.15, 0.2) is 41.3 Å². The maximum atomic E-state index is 13.0. The first-order valence-corrected chi connectivity index (χ1v) is 11.7. The lowest BCUT2D eigenvalue weighted by atomic mass is 9.79. The van der Waals surface area contributed by atoms with Crippen molar-refractivity contribution in [2.75, 3.05) is 11.9 Å². The van der Waals surface area contributed by atoms with Crippen LogP contribution in [0.3, 0.4) is 0 Å². The Morgan fingerprint density at radius 3 is 2.52 bits per heavy atom. The predicted molar refractivity (Wildman–Crippen MR) is 131 cm³/mol. The highest BCUT2D eigenvalue weighted by atomic mass is 32.2. The van der Waals surface area contributed by atoms with Crippen LogP contribution >= 0.6 is 11.8 Å². The Hall–Kier alpha value is -3.13. The van der Waals surface area contributed by atoms with Gasteiger partial charge in [-0.1, -0.05) is 19.1 Å². The number of nitrogens with zero attached hydrogens (tertiary/aromatic N) is 3. The molecule has 1 fully saturated rings. The molecule has 0 radical (unpaired) electrons. The number of imide groups is 1. The molecule has 0 aromatic heterocycles. The van der Waals surface area contributed by atoms with Crippen molar-refractivity contribution in [1.82, 2.24) is 4.90 Å². The Morgan fingerprint density at radius 1 is 1.21 bits per heavy atom. The standard InChI is InChI=1S/C25H27N3O4S/c1-15-10-21-20(16(2)13-25(3,4)26(21)5)11-18(15)12-22-23(29)27(24(30)33-22)14-17-6-8-19(9-7-17)28(31)32/h6-12,16H,13-14H2,1-5H3/b22-12-/t16-/m1/s1. The van der Waals surface area contributed by atoms with Crippen molar-refractivity contribution in [1.29, 1.82) is 0 Å². The third-order valence-corrected chi connectivity index (χ3v) is 7.58. The summed E-state index contributed by atoms with van der Waals surface area (Å²) in [5, 5.41) is 10.5. The number of thioether (sulfide) groups is 1. The summed E-state index contributed by atoms with van der Waals surface area (Å²) >= 11 is 0.931. The van der Waals surface area contributed by atoms with Crippen LogP contribution in [0.1, 0.15) is 55.4 Å².